The van der Waals surface area contributed by atoms with E-state index in [0.29, 0.717) is 11.8 Å². The Kier molecular flexibility index (Phi) is 22.5. The van der Waals surface area contributed by atoms with Crippen molar-refractivity contribution in [2.24, 2.45) is 33.6 Å². The Morgan fingerprint density at radius 2 is 0.566 bits per heavy atom. The standard InChI is InChI=1S/C31H32N.C30H30N.C29H28N.C28H26N/c1-21-26(29-17-22(15-16-32(29)5)20-31(2,3)4)19-28(23-11-7-6-8-12-23)30-25-14-10-9-13-24(25)18-27(21)30;1-19(2)25-17-29(31(5)18-20(25)3)26-16-28(22-11-7-6-8-12-22)30-24-14-10-9-13-23(24)15-27(30)21(26)4;1-19(2)22-14-15-30(4)28(17-22)25-18-27(21-10-6-5-7-11-21)29-24-13-9-8-12-23(24)16-26(29)20(25)3;1-18-14-27(29(4)17-19(18)2)24-16-26(21-10-6-5-7-11-21)28-23-13-9-8-12-22(23)15-25(28)20(24)3/h6-17,19H,18,20H2,1-5H3;6-14,16-19H,15H2,1-5H3;5-15,17-19H,16H2,1-4H3;5-14,16-17H,15H2,1-4H3/q4*+1. The van der Waals surface area contributed by atoms with Crippen molar-refractivity contribution < 1.29 is 18.3 Å². The number of benzene rings is 12. The molecule has 0 amide bonds. The van der Waals surface area contributed by atoms with E-state index in [1.165, 1.54) is 234 Å². The highest BCUT2D eigenvalue weighted by Crippen LogP contribution is 2.53. The molecule has 4 heteroatoms. The van der Waals surface area contributed by atoms with Crippen LogP contribution < -0.4 is 18.3 Å². The van der Waals surface area contributed by atoms with E-state index in [2.05, 4.69) is 447 Å². The van der Waals surface area contributed by atoms with Gasteiger partial charge in [-0.05, 0) is 300 Å². The van der Waals surface area contributed by atoms with E-state index in [0.717, 1.165) is 32.1 Å². The van der Waals surface area contributed by atoms with E-state index in [9.17, 15) is 0 Å². The maximum absolute atomic E-state index is 2.43. The molecular weight excluding hydrogens is 1470 g/mol. The van der Waals surface area contributed by atoms with Gasteiger partial charge in [0.25, 0.3) is 0 Å². The Hall–Kier alpha value is -12.8. The fraction of sp³-hybridized carbons (Fsp3) is 0.220. The maximum Gasteiger partial charge on any atom is 0.212 e. The number of aromatic nitrogens is 4. The average Bonchev–Trinajstić information content (AvgIpc) is 1.60. The highest BCUT2D eigenvalue weighted by molar-refractivity contribution is 5.99. The average molecular weight is 1590 g/mol. The number of hydrogen-bond donors (Lipinski definition) is 0. The van der Waals surface area contributed by atoms with Gasteiger partial charge in [-0.2, -0.15) is 0 Å². The first-order valence-electron chi connectivity index (χ1n) is 44.0. The first kappa shape index (κ1) is 81.6. The van der Waals surface area contributed by atoms with Crippen molar-refractivity contribution in [2.45, 2.75) is 141 Å². The predicted octanol–water partition coefficient (Wildman–Crippen LogP) is 27.7. The third-order valence-corrected chi connectivity index (χ3v) is 26.6. The van der Waals surface area contributed by atoms with Gasteiger partial charge in [0, 0.05) is 69.8 Å². The van der Waals surface area contributed by atoms with Gasteiger partial charge >= 0.3 is 0 Å². The number of hydrogen-bond acceptors (Lipinski definition) is 0. The molecule has 16 aromatic rings. The van der Waals surface area contributed by atoms with Gasteiger partial charge in [0.15, 0.2) is 24.8 Å². The molecule has 0 bridgehead atoms. The number of rotatable bonds is 11. The summed E-state index contributed by atoms with van der Waals surface area (Å²) in [5.74, 6) is 1.02. The van der Waals surface area contributed by atoms with Gasteiger partial charge in [-0.3, -0.25) is 0 Å². The van der Waals surface area contributed by atoms with Crippen LogP contribution in [0.5, 0.6) is 0 Å². The van der Waals surface area contributed by atoms with Crippen LogP contribution in [0.4, 0.5) is 0 Å². The molecule has 0 atom stereocenters. The quantitative estimate of drug-likeness (QED) is 0.115. The summed E-state index contributed by atoms with van der Waals surface area (Å²) in [6, 6.07) is 103. The largest absolute Gasteiger partial charge is 0.212 e. The molecule has 604 valence electrons. The lowest BCUT2D eigenvalue weighted by atomic mass is 9.86. The molecule has 0 saturated heterocycles. The van der Waals surface area contributed by atoms with Gasteiger partial charge in [-0.25, -0.2) is 18.3 Å². The fourth-order valence-corrected chi connectivity index (χ4v) is 20.0. The summed E-state index contributed by atoms with van der Waals surface area (Å²) in [5, 5.41) is 0. The molecule has 0 radical (unpaired) electrons. The summed E-state index contributed by atoms with van der Waals surface area (Å²) in [6.45, 7) is 31.9. The second-order valence-electron chi connectivity index (χ2n) is 36.7. The van der Waals surface area contributed by atoms with E-state index in [-0.39, 0.29) is 5.41 Å². The highest BCUT2D eigenvalue weighted by Gasteiger charge is 2.34. The van der Waals surface area contributed by atoms with Gasteiger partial charge in [0.1, 0.15) is 28.2 Å². The van der Waals surface area contributed by atoms with Gasteiger partial charge in [0.05, 0.1) is 0 Å². The molecule has 12 aromatic carbocycles. The molecule has 0 spiro atoms. The Bertz CT molecular complexity index is 6730. The van der Waals surface area contributed by atoms with Crippen LogP contribution in [0.2, 0.25) is 0 Å². The molecule has 0 N–H and O–H groups in total. The summed E-state index contributed by atoms with van der Waals surface area (Å²) in [5.41, 5.74) is 58.0. The van der Waals surface area contributed by atoms with Crippen LogP contribution in [0.3, 0.4) is 0 Å². The molecule has 122 heavy (non-hydrogen) atoms. The molecule has 4 nitrogen and oxygen atoms in total. The first-order valence-corrected chi connectivity index (χ1v) is 44.0. The van der Waals surface area contributed by atoms with Crippen molar-refractivity contribution in [1.82, 2.24) is 0 Å². The van der Waals surface area contributed by atoms with Crippen LogP contribution in [0.25, 0.3) is 134 Å². The monoisotopic (exact) mass is 1590 g/mol. The summed E-state index contributed by atoms with van der Waals surface area (Å²) in [6.07, 6.45) is 14.1. The number of fused-ring (bicyclic) bond motifs is 12. The molecule has 0 saturated carbocycles. The van der Waals surface area contributed by atoms with Crippen LogP contribution in [0, 0.1) is 53.9 Å². The number of aryl methyl sites for hydroxylation is 7. The molecule has 20 rings (SSSR count). The third-order valence-electron chi connectivity index (χ3n) is 26.6. The maximum atomic E-state index is 2.43. The summed E-state index contributed by atoms with van der Waals surface area (Å²) < 4.78 is 9.11. The van der Waals surface area contributed by atoms with Crippen molar-refractivity contribution >= 4 is 0 Å². The van der Waals surface area contributed by atoms with Gasteiger partial charge in [-0.1, -0.05) is 267 Å². The third kappa shape index (κ3) is 15.6. The zero-order valence-electron chi connectivity index (χ0n) is 74.8. The van der Waals surface area contributed by atoms with Crippen LogP contribution in [-0.2, 0) is 60.3 Å². The smallest absolute Gasteiger partial charge is 0.201 e. The second kappa shape index (κ2) is 33.7. The molecule has 4 aliphatic rings. The minimum Gasteiger partial charge on any atom is -0.201 e. The van der Waals surface area contributed by atoms with E-state index < -0.39 is 0 Å². The normalized spacial score (nSPS) is 12.2. The van der Waals surface area contributed by atoms with Crippen molar-refractivity contribution in [3.63, 3.8) is 0 Å². The van der Waals surface area contributed by atoms with Crippen molar-refractivity contribution in [1.29, 1.82) is 0 Å². The zero-order valence-corrected chi connectivity index (χ0v) is 74.8. The summed E-state index contributed by atoms with van der Waals surface area (Å²) in [4.78, 5) is 0. The van der Waals surface area contributed by atoms with E-state index in [1.54, 1.807) is 0 Å². The molecule has 4 heterocycles. The van der Waals surface area contributed by atoms with Crippen LogP contribution in [0.1, 0.15) is 160 Å². The topological polar surface area (TPSA) is 15.5 Å². The van der Waals surface area contributed by atoms with Crippen LogP contribution in [-0.4, -0.2) is 0 Å². The molecule has 0 aliphatic heterocycles. The first-order chi connectivity index (χ1) is 58.9. The Morgan fingerprint density at radius 1 is 0.270 bits per heavy atom. The minimum atomic E-state index is 0.265. The Labute approximate surface area is 725 Å². The molecule has 0 unspecified atom stereocenters. The lowest BCUT2D eigenvalue weighted by Crippen LogP contribution is -2.32. The van der Waals surface area contributed by atoms with Crippen molar-refractivity contribution in [3.05, 3.63) is 404 Å². The number of nitrogens with zero attached hydrogens (tertiary/aromatic N) is 4. The van der Waals surface area contributed by atoms with Crippen molar-refractivity contribution in [3.8, 4) is 134 Å². The van der Waals surface area contributed by atoms with Crippen LogP contribution in [0.15, 0.2) is 304 Å². The van der Waals surface area contributed by atoms with E-state index in [4.69, 9.17) is 0 Å². The lowest BCUT2D eigenvalue weighted by Gasteiger charge is -2.19. The predicted molar refractivity (Wildman–Crippen MR) is 511 cm³/mol. The lowest BCUT2D eigenvalue weighted by molar-refractivity contribution is -0.660. The summed E-state index contributed by atoms with van der Waals surface area (Å²) >= 11 is 0. The van der Waals surface area contributed by atoms with Crippen LogP contribution >= 0.6 is 0 Å². The van der Waals surface area contributed by atoms with Gasteiger partial charge < -0.3 is 0 Å². The molecule has 4 aliphatic carbocycles. The molecule has 0 fully saturated rings. The fourth-order valence-electron chi connectivity index (χ4n) is 20.0. The second-order valence-corrected chi connectivity index (χ2v) is 36.7. The van der Waals surface area contributed by atoms with Crippen molar-refractivity contribution in [2.75, 3.05) is 0 Å². The SMILES string of the molecule is Cc1c(-c2cc(C(C)C)cc[n+]2C)cc(-c2ccccc2)c2c1Cc1ccccc1-2.Cc1c(-c2cc(CC(C)(C)C)cc[n+]2C)cc(-c2ccccc2)c2c1Cc1ccccc1-2.Cc1c[n+](C)c(-c2cc(-c3ccccc3)c3c(c2C)Cc2ccccc2-3)cc1C(C)C.Cc1cc(-c2cc(-c3ccccc3)c3c(c2C)Cc2ccccc2-3)[n+](C)cc1C. The van der Waals surface area contributed by atoms with E-state index in [1.807, 2.05) is 0 Å². The zero-order chi connectivity index (χ0) is 85.1. The van der Waals surface area contributed by atoms with Gasteiger partial charge in [-0.15, -0.1) is 0 Å². The molecule has 4 aromatic heterocycles. The molecular formula is C118H116N4+4. The van der Waals surface area contributed by atoms with E-state index >= 15 is 0 Å². The number of pyridine rings is 4. The van der Waals surface area contributed by atoms with Gasteiger partial charge in [0.2, 0.25) is 22.8 Å². The minimum absolute atomic E-state index is 0.265. The summed E-state index contributed by atoms with van der Waals surface area (Å²) in [7, 11) is 8.66. The highest BCUT2D eigenvalue weighted by atomic mass is 14.9. The Balaban J connectivity index is 0.000000116. The Morgan fingerprint density at radius 3 is 0.893 bits per heavy atom.